The van der Waals surface area contributed by atoms with E-state index in [-0.39, 0.29) is 6.04 Å². The Morgan fingerprint density at radius 2 is 2.27 bits per heavy atom. The van der Waals surface area contributed by atoms with Crippen LogP contribution in [-0.2, 0) is 0 Å². The lowest BCUT2D eigenvalue weighted by atomic mass is 9.98. The Morgan fingerprint density at radius 3 is 2.87 bits per heavy atom. The molecule has 2 heteroatoms. The van der Waals surface area contributed by atoms with Crippen molar-refractivity contribution in [1.29, 1.82) is 5.26 Å². The van der Waals surface area contributed by atoms with E-state index in [1.54, 1.807) is 6.08 Å². The number of nitrogens with one attached hydrogen (secondary N) is 1. The first-order valence-corrected chi connectivity index (χ1v) is 5.00. The minimum Gasteiger partial charge on any atom is -0.295 e. The van der Waals surface area contributed by atoms with Crippen LogP contribution in [0, 0.1) is 25.2 Å². The molecule has 1 unspecified atom stereocenters. The number of benzene rings is 1. The van der Waals surface area contributed by atoms with Gasteiger partial charge in [-0.1, -0.05) is 24.3 Å². The van der Waals surface area contributed by atoms with E-state index >= 15 is 0 Å². The third-order valence-electron chi connectivity index (χ3n) is 2.55. The van der Waals surface area contributed by atoms with Crippen molar-refractivity contribution >= 4 is 0 Å². The van der Waals surface area contributed by atoms with Crippen molar-refractivity contribution in [1.82, 2.24) is 5.32 Å². The molecule has 1 rings (SSSR count). The number of nitrogens with zero attached hydrogens (tertiary/aromatic N) is 1. The van der Waals surface area contributed by atoms with E-state index < -0.39 is 0 Å². The lowest BCUT2D eigenvalue weighted by Gasteiger charge is -2.14. The maximum atomic E-state index is 9.07. The molecule has 1 atom stereocenters. The normalized spacial score (nSPS) is 11.8. The van der Waals surface area contributed by atoms with E-state index in [9.17, 15) is 0 Å². The molecule has 0 aromatic heterocycles. The van der Waals surface area contributed by atoms with Crippen LogP contribution in [0.4, 0.5) is 0 Å². The lowest BCUT2D eigenvalue weighted by Crippen LogP contribution is -2.20. The van der Waals surface area contributed by atoms with E-state index in [1.165, 1.54) is 11.1 Å². The Labute approximate surface area is 91.2 Å². The Hall–Kier alpha value is -1.59. The second-order valence-electron chi connectivity index (χ2n) is 3.55. The zero-order valence-electron chi connectivity index (χ0n) is 9.25. The van der Waals surface area contributed by atoms with Crippen molar-refractivity contribution in [3.05, 3.63) is 47.5 Å². The van der Waals surface area contributed by atoms with Crippen molar-refractivity contribution in [2.45, 2.75) is 19.9 Å². The van der Waals surface area contributed by atoms with Crippen LogP contribution >= 0.6 is 0 Å². The van der Waals surface area contributed by atoms with Crippen LogP contribution in [0.1, 0.15) is 22.7 Å². The van der Waals surface area contributed by atoms with Gasteiger partial charge in [-0.25, -0.2) is 0 Å². The highest BCUT2D eigenvalue weighted by Gasteiger charge is 2.11. The minimum atomic E-state index is -0.247. The van der Waals surface area contributed by atoms with Crippen molar-refractivity contribution in [2.24, 2.45) is 0 Å². The smallest absolute Gasteiger partial charge is 0.121 e. The first-order chi connectivity index (χ1) is 7.20. The quantitative estimate of drug-likeness (QED) is 0.758. The zero-order valence-corrected chi connectivity index (χ0v) is 9.25. The van der Waals surface area contributed by atoms with Crippen molar-refractivity contribution < 1.29 is 0 Å². The van der Waals surface area contributed by atoms with Crippen LogP contribution in [0.5, 0.6) is 0 Å². The molecule has 0 radical (unpaired) electrons. The summed E-state index contributed by atoms with van der Waals surface area (Å²) in [6, 6.07) is 8.05. The van der Waals surface area contributed by atoms with E-state index in [4.69, 9.17) is 5.26 Å². The van der Waals surface area contributed by atoms with E-state index in [0.717, 1.165) is 5.56 Å². The maximum absolute atomic E-state index is 9.07. The van der Waals surface area contributed by atoms with Gasteiger partial charge in [0.25, 0.3) is 0 Å². The third kappa shape index (κ3) is 2.68. The van der Waals surface area contributed by atoms with Gasteiger partial charge < -0.3 is 0 Å². The molecule has 0 aliphatic rings. The van der Waals surface area contributed by atoms with E-state index in [2.05, 4.69) is 31.0 Å². The van der Waals surface area contributed by atoms with Gasteiger partial charge in [-0.2, -0.15) is 5.26 Å². The van der Waals surface area contributed by atoms with Gasteiger partial charge in [0.1, 0.15) is 6.04 Å². The van der Waals surface area contributed by atoms with Crippen LogP contribution in [0.3, 0.4) is 0 Å². The van der Waals surface area contributed by atoms with Crippen LogP contribution < -0.4 is 5.32 Å². The molecular weight excluding hydrogens is 184 g/mol. The van der Waals surface area contributed by atoms with Crippen molar-refractivity contribution in [2.75, 3.05) is 6.54 Å². The fraction of sp³-hybridized carbons (Fsp3) is 0.308. The van der Waals surface area contributed by atoms with E-state index in [1.807, 2.05) is 19.1 Å². The maximum Gasteiger partial charge on any atom is 0.121 e. The summed E-state index contributed by atoms with van der Waals surface area (Å²) < 4.78 is 0. The first-order valence-electron chi connectivity index (χ1n) is 5.00. The van der Waals surface area contributed by atoms with Gasteiger partial charge in [0.15, 0.2) is 0 Å². The highest BCUT2D eigenvalue weighted by atomic mass is 14.9. The summed E-state index contributed by atoms with van der Waals surface area (Å²) in [7, 11) is 0. The monoisotopic (exact) mass is 200 g/mol. The highest BCUT2D eigenvalue weighted by Crippen LogP contribution is 2.19. The zero-order chi connectivity index (χ0) is 11.3. The SMILES string of the molecule is C=CCNC(C#N)c1cccc(C)c1C. The molecule has 1 N–H and O–H groups in total. The van der Waals surface area contributed by atoms with Crippen molar-refractivity contribution in [3.8, 4) is 6.07 Å². The Balaban J connectivity index is 2.97. The molecule has 0 heterocycles. The van der Waals surface area contributed by atoms with E-state index in [0.29, 0.717) is 6.54 Å². The molecule has 1 aromatic rings. The lowest BCUT2D eigenvalue weighted by molar-refractivity contribution is 0.679. The molecule has 15 heavy (non-hydrogen) atoms. The van der Waals surface area contributed by atoms with Gasteiger partial charge in [0.2, 0.25) is 0 Å². The second kappa shape index (κ2) is 5.33. The fourth-order valence-corrected chi connectivity index (χ4v) is 1.51. The van der Waals surface area contributed by atoms with Gasteiger partial charge in [-0.3, -0.25) is 5.32 Å². The molecule has 0 spiro atoms. The van der Waals surface area contributed by atoms with Gasteiger partial charge in [0.05, 0.1) is 6.07 Å². The molecule has 0 aliphatic carbocycles. The summed E-state index contributed by atoms with van der Waals surface area (Å²) in [6.07, 6.45) is 1.76. The van der Waals surface area contributed by atoms with Gasteiger partial charge >= 0.3 is 0 Å². The molecule has 0 aliphatic heterocycles. The fourth-order valence-electron chi connectivity index (χ4n) is 1.51. The molecule has 0 saturated heterocycles. The molecule has 1 aromatic carbocycles. The summed E-state index contributed by atoms with van der Waals surface area (Å²) in [5, 5.41) is 12.2. The summed E-state index contributed by atoms with van der Waals surface area (Å²) in [4.78, 5) is 0. The largest absolute Gasteiger partial charge is 0.295 e. The standard InChI is InChI=1S/C13H16N2/c1-4-8-15-13(9-14)12-7-5-6-10(2)11(12)3/h4-7,13,15H,1,8H2,2-3H3. The number of hydrogen-bond donors (Lipinski definition) is 1. The number of hydrogen-bond acceptors (Lipinski definition) is 2. The average Bonchev–Trinajstić information content (AvgIpc) is 2.25. The Bertz CT molecular complexity index is 388. The molecule has 0 bridgehead atoms. The molecule has 0 amide bonds. The molecule has 0 saturated carbocycles. The predicted molar refractivity (Wildman–Crippen MR) is 62.5 cm³/mol. The minimum absolute atomic E-state index is 0.247. The molecule has 78 valence electrons. The van der Waals surface area contributed by atoms with Gasteiger partial charge in [0, 0.05) is 6.54 Å². The van der Waals surface area contributed by atoms with Crippen molar-refractivity contribution in [3.63, 3.8) is 0 Å². The van der Waals surface area contributed by atoms with Gasteiger partial charge in [-0.15, -0.1) is 6.58 Å². The average molecular weight is 200 g/mol. The molecular formula is C13H16N2. The van der Waals surface area contributed by atoms with Crippen LogP contribution in [0.15, 0.2) is 30.9 Å². The Kier molecular flexibility index (Phi) is 4.08. The van der Waals surface area contributed by atoms with Crippen LogP contribution in [0.2, 0.25) is 0 Å². The topological polar surface area (TPSA) is 35.8 Å². The Morgan fingerprint density at radius 1 is 1.53 bits per heavy atom. The highest BCUT2D eigenvalue weighted by molar-refractivity contribution is 5.37. The van der Waals surface area contributed by atoms with Crippen LogP contribution in [0.25, 0.3) is 0 Å². The first kappa shape index (κ1) is 11.5. The number of nitriles is 1. The van der Waals surface area contributed by atoms with Crippen LogP contribution in [-0.4, -0.2) is 6.54 Å². The summed E-state index contributed by atoms with van der Waals surface area (Å²) in [5.74, 6) is 0. The molecule has 2 nitrogen and oxygen atoms in total. The summed E-state index contributed by atoms with van der Waals surface area (Å²) in [6.45, 7) is 8.38. The summed E-state index contributed by atoms with van der Waals surface area (Å²) in [5.41, 5.74) is 3.45. The number of aryl methyl sites for hydroxylation is 1. The number of rotatable bonds is 4. The molecule has 0 fully saturated rings. The third-order valence-corrected chi connectivity index (χ3v) is 2.55. The second-order valence-corrected chi connectivity index (χ2v) is 3.55. The predicted octanol–water partition coefficient (Wildman–Crippen LogP) is 2.64. The van der Waals surface area contributed by atoms with Gasteiger partial charge in [-0.05, 0) is 30.5 Å². The summed E-state index contributed by atoms with van der Waals surface area (Å²) >= 11 is 0.